The van der Waals surface area contributed by atoms with Gasteiger partial charge in [0.2, 0.25) is 0 Å². The minimum atomic E-state index is -4.57. The predicted molar refractivity (Wildman–Crippen MR) is 145 cm³/mol. The van der Waals surface area contributed by atoms with Gasteiger partial charge in [-0.05, 0) is 66.9 Å². The standard InChI is InChI=1S/C31H34F6N2O2/c1-4-19-39(20-5-2)28(23-9-7-6-8-10-23)27(29(40)41-3)38-26(21-11-15-24(16-12-21)30(32,33)34)22-13-17-25(18-14-22)31(35,36)37/h6-18,26-28,38H,4-5,19-20H2,1-3H3/t27-,28?/m1/s1. The van der Waals surface area contributed by atoms with Crippen molar-refractivity contribution in [1.29, 1.82) is 0 Å². The highest BCUT2D eigenvalue weighted by molar-refractivity contribution is 5.77. The van der Waals surface area contributed by atoms with Crippen molar-refractivity contribution in [2.24, 2.45) is 0 Å². The molecule has 0 saturated heterocycles. The minimum absolute atomic E-state index is 0.344. The monoisotopic (exact) mass is 580 g/mol. The Morgan fingerprint density at radius 1 is 0.732 bits per heavy atom. The summed E-state index contributed by atoms with van der Waals surface area (Å²) in [5.41, 5.74) is -0.227. The van der Waals surface area contributed by atoms with Crippen LogP contribution in [0, 0.1) is 0 Å². The van der Waals surface area contributed by atoms with Gasteiger partial charge in [-0.2, -0.15) is 26.3 Å². The van der Waals surface area contributed by atoms with Crippen molar-refractivity contribution in [3.05, 3.63) is 107 Å². The third-order valence-electron chi connectivity index (χ3n) is 6.82. The molecule has 0 spiro atoms. The minimum Gasteiger partial charge on any atom is -0.468 e. The van der Waals surface area contributed by atoms with Crippen LogP contribution in [-0.2, 0) is 21.9 Å². The Hall–Kier alpha value is -3.37. The summed E-state index contributed by atoms with van der Waals surface area (Å²) in [5, 5.41) is 3.27. The second-order valence-electron chi connectivity index (χ2n) is 9.73. The molecular weight excluding hydrogens is 546 g/mol. The number of methoxy groups -OCH3 is 1. The molecule has 0 aliphatic rings. The van der Waals surface area contributed by atoms with Gasteiger partial charge in [-0.3, -0.25) is 15.0 Å². The molecule has 3 aromatic carbocycles. The zero-order valence-corrected chi connectivity index (χ0v) is 23.1. The summed E-state index contributed by atoms with van der Waals surface area (Å²) in [5.74, 6) is -0.611. The molecule has 4 nitrogen and oxygen atoms in total. The van der Waals surface area contributed by atoms with E-state index in [2.05, 4.69) is 10.2 Å². The Morgan fingerprint density at radius 3 is 1.54 bits per heavy atom. The van der Waals surface area contributed by atoms with Gasteiger partial charge < -0.3 is 4.74 Å². The number of hydrogen-bond acceptors (Lipinski definition) is 4. The van der Waals surface area contributed by atoms with Crippen LogP contribution in [0.15, 0.2) is 78.9 Å². The molecule has 0 aliphatic heterocycles. The average Bonchev–Trinajstić information content (AvgIpc) is 2.94. The molecular formula is C31H34F6N2O2. The predicted octanol–water partition coefficient (Wildman–Crippen LogP) is 7.81. The van der Waals surface area contributed by atoms with Crippen LogP contribution in [0.25, 0.3) is 0 Å². The molecule has 2 atom stereocenters. The number of alkyl halides is 6. The van der Waals surface area contributed by atoms with Crippen LogP contribution in [0.3, 0.4) is 0 Å². The Balaban J connectivity index is 2.16. The fourth-order valence-electron chi connectivity index (χ4n) is 4.94. The average molecular weight is 581 g/mol. The van der Waals surface area contributed by atoms with Gasteiger partial charge in [0, 0.05) is 0 Å². The van der Waals surface area contributed by atoms with E-state index in [1.54, 1.807) is 0 Å². The molecule has 0 aliphatic carbocycles. The summed E-state index contributed by atoms with van der Waals surface area (Å²) in [6.07, 6.45) is -7.55. The molecule has 0 heterocycles. The quantitative estimate of drug-likeness (QED) is 0.175. The van der Waals surface area contributed by atoms with E-state index < -0.39 is 47.6 Å². The van der Waals surface area contributed by atoms with Crippen LogP contribution in [0.4, 0.5) is 26.3 Å². The van der Waals surface area contributed by atoms with Gasteiger partial charge in [0.1, 0.15) is 6.04 Å². The van der Waals surface area contributed by atoms with Crippen LogP contribution >= 0.6 is 0 Å². The fourth-order valence-corrected chi connectivity index (χ4v) is 4.94. The van der Waals surface area contributed by atoms with Gasteiger partial charge >= 0.3 is 18.3 Å². The van der Waals surface area contributed by atoms with E-state index in [0.717, 1.165) is 42.7 Å². The lowest BCUT2D eigenvalue weighted by Gasteiger charge is -2.38. The molecule has 41 heavy (non-hydrogen) atoms. The lowest BCUT2D eigenvalue weighted by Crippen LogP contribution is -2.50. The molecule has 10 heteroatoms. The zero-order valence-electron chi connectivity index (χ0n) is 23.1. The van der Waals surface area contributed by atoms with Crippen LogP contribution < -0.4 is 5.32 Å². The van der Waals surface area contributed by atoms with Gasteiger partial charge in [0.25, 0.3) is 0 Å². The van der Waals surface area contributed by atoms with Gasteiger partial charge in [0.05, 0.1) is 30.3 Å². The maximum Gasteiger partial charge on any atom is 0.416 e. The number of ether oxygens (including phenoxy) is 1. The van der Waals surface area contributed by atoms with Crippen LogP contribution in [0.5, 0.6) is 0 Å². The second kappa shape index (κ2) is 14.0. The molecule has 3 rings (SSSR count). The number of esters is 1. The number of halogens is 6. The van der Waals surface area contributed by atoms with Crippen molar-refractivity contribution in [2.45, 2.75) is 57.2 Å². The summed E-state index contributed by atoms with van der Waals surface area (Å²) < 4.78 is 85.0. The first kappa shape index (κ1) is 32.1. The highest BCUT2D eigenvalue weighted by atomic mass is 19.4. The number of carbonyl (C=O) groups is 1. The summed E-state index contributed by atoms with van der Waals surface area (Å²) in [6.45, 7) is 5.32. The zero-order chi connectivity index (χ0) is 30.2. The Labute approximate surface area is 236 Å². The van der Waals surface area contributed by atoms with Crippen LogP contribution in [0.1, 0.15) is 66.6 Å². The summed E-state index contributed by atoms with van der Waals surface area (Å²) >= 11 is 0. The number of carbonyl (C=O) groups excluding carboxylic acids is 1. The number of hydrogen-bond donors (Lipinski definition) is 1. The van der Waals surface area contributed by atoms with Crippen molar-refractivity contribution in [3.63, 3.8) is 0 Å². The first-order valence-corrected chi connectivity index (χ1v) is 13.4. The van der Waals surface area contributed by atoms with Crippen LogP contribution in [-0.4, -0.2) is 37.1 Å². The smallest absolute Gasteiger partial charge is 0.416 e. The summed E-state index contributed by atoms with van der Waals surface area (Å²) in [4.78, 5) is 15.5. The first-order chi connectivity index (χ1) is 19.4. The number of benzene rings is 3. The molecule has 0 saturated carbocycles. The van der Waals surface area contributed by atoms with Crippen molar-refractivity contribution in [2.75, 3.05) is 20.2 Å². The fraction of sp³-hybridized carbons (Fsp3) is 0.387. The normalized spacial score (nSPS) is 13.8. The molecule has 0 aromatic heterocycles. The summed E-state index contributed by atoms with van der Waals surface area (Å²) in [6, 6.07) is 15.5. The Morgan fingerprint density at radius 2 is 1.17 bits per heavy atom. The molecule has 0 radical (unpaired) electrons. The van der Waals surface area contributed by atoms with E-state index in [1.807, 2.05) is 44.2 Å². The van der Waals surface area contributed by atoms with Crippen molar-refractivity contribution in [1.82, 2.24) is 10.2 Å². The molecule has 222 valence electrons. The van der Waals surface area contributed by atoms with Crippen molar-refractivity contribution in [3.8, 4) is 0 Å². The highest BCUT2D eigenvalue weighted by Gasteiger charge is 2.37. The number of rotatable bonds is 12. The lowest BCUT2D eigenvalue weighted by atomic mass is 9.92. The number of nitrogens with one attached hydrogen (secondary N) is 1. The third-order valence-corrected chi connectivity index (χ3v) is 6.82. The number of nitrogens with zero attached hydrogens (tertiary/aromatic N) is 1. The second-order valence-corrected chi connectivity index (χ2v) is 9.73. The Kier molecular flexibility index (Phi) is 11.0. The lowest BCUT2D eigenvalue weighted by molar-refractivity contribution is -0.145. The highest BCUT2D eigenvalue weighted by Crippen LogP contribution is 2.35. The maximum atomic E-state index is 13.4. The molecule has 0 fully saturated rings. The Bertz CT molecular complexity index is 1170. The van der Waals surface area contributed by atoms with E-state index >= 15 is 0 Å². The van der Waals surface area contributed by atoms with Crippen LogP contribution in [0.2, 0.25) is 0 Å². The van der Waals surface area contributed by atoms with Gasteiger partial charge in [-0.1, -0.05) is 68.4 Å². The molecule has 0 bridgehead atoms. The van der Waals surface area contributed by atoms with E-state index in [0.29, 0.717) is 24.2 Å². The molecule has 0 amide bonds. The summed E-state index contributed by atoms with van der Waals surface area (Å²) in [7, 11) is 1.24. The third kappa shape index (κ3) is 8.33. The van der Waals surface area contributed by atoms with E-state index in [9.17, 15) is 31.1 Å². The maximum absolute atomic E-state index is 13.4. The van der Waals surface area contributed by atoms with E-state index in [4.69, 9.17) is 4.74 Å². The van der Waals surface area contributed by atoms with E-state index in [1.165, 1.54) is 31.4 Å². The first-order valence-electron chi connectivity index (χ1n) is 13.4. The van der Waals surface area contributed by atoms with E-state index in [-0.39, 0.29) is 0 Å². The molecule has 3 aromatic rings. The van der Waals surface area contributed by atoms with Gasteiger partial charge in [-0.25, -0.2) is 0 Å². The van der Waals surface area contributed by atoms with Gasteiger partial charge in [-0.15, -0.1) is 0 Å². The largest absolute Gasteiger partial charge is 0.468 e. The molecule has 1 N–H and O–H groups in total. The van der Waals surface area contributed by atoms with Crippen molar-refractivity contribution >= 4 is 5.97 Å². The van der Waals surface area contributed by atoms with Gasteiger partial charge in [0.15, 0.2) is 0 Å². The topological polar surface area (TPSA) is 41.6 Å². The molecule has 1 unspecified atom stereocenters. The van der Waals surface area contributed by atoms with Crippen molar-refractivity contribution < 1.29 is 35.9 Å². The SMILES string of the molecule is CCCN(CCC)C(c1ccccc1)[C@@H](NC(c1ccc(C(F)(F)F)cc1)c1ccc(C(F)(F)F)cc1)C(=O)OC.